The van der Waals surface area contributed by atoms with Crippen LogP contribution in [0.4, 0.5) is 5.69 Å². The molecule has 0 amide bonds. The summed E-state index contributed by atoms with van der Waals surface area (Å²) in [6, 6.07) is 3.21. The van der Waals surface area contributed by atoms with E-state index in [9.17, 15) is 10.1 Å². The Morgan fingerprint density at radius 3 is 2.83 bits per heavy atom. The average Bonchev–Trinajstić information content (AvgIpc) is 2.76. The van der Waals surface area contributed by atoms with Gasteiger partial charge in [-0.05, 0) is 34.5 Å². The van der Waals surface area contributed by atoms with E-state index in [1.54, 1.807) is 13.0 Å². The van der Waals surface area contributed by atoms with Gasteiger partial charge in [0.25, 0.3) is 5.69 Å². The standard InChI is InChI=1S/C10H9BrN4O3/c1-6-2-8(11)10(9(3-6)15(17)18)14-4-7(5-16)12-13-14/h2-4,16H,5H2,1H3. The SMILES string of the molecule is Cc1cc(Br)c(-n2cc(CO)nn2)c([N+](=O)[O-])c1. The van der Waals surface area contributed by atoms with Crippen molar-refractivity contribution >= 4 is 21.6 Å². The molecule has 0 saturated heterocycles. The molecule has 0 aliphatic heterocycles. The van der Waals surface area contributed by atoms with E-state index in [4.69, 9.17) is 5.11 Å². The highest BCUT2D eigenvalue weighted by molar-refractivity contribution is 9.10. The first kappa shape index (κ1) is 12.7. The zero-order chi connectivity index (χ0) is 13.3. The summed E-state index contributed by atoms with van der Waals surface area (Å²) in [5.41, 5.74) is 1.32. The Kier molecular flexibility index (Phi) is 3.39. The number of benzene rings is 1. The summed E-state index contributed by atoms with van der Waals surface area (Å²) in [5, 5.41) is 27.4. The highest BCUT2D eigenvalue weighted by Crippen LogP contribution is 2.31. The van der Waals surface area contributed by atoms with E-state index in [1.165, 1.54) is 16.9 Å². The first-order valence-electron chi connectivity index (χ1n) is 5.00. The van der Waals surface area contributed by atoms with Crippen LogP contribution in [0.1, 0.15) is 11.3 Å². The third kappa shape index (κ3) is 2.24. The summed E-state index contributed by atoms with van der Waals surface area (Å²) in [6.45, 7) is 1.50. The van der Waals surface area contributed by atoms with Crippen molar-refractivity contribution in [2.45, 2.75) is 13.5 Å². The van der Waals surface area contributed by atoms with Crippen molar-refractivity contribution in [3.8, 4) is 5.69 Å². The van der Waals surface area contributed by atoms with Gasteiger partial charge in [-0.2, -0.15) is 0 Å². The highest BCUT2D eigenvalue weighted by Gasteiger charge is 2.20. The molecule has 2 rings (SSSR count). The quantitative estimate of drug-likeness (QED) is 0.688. The maximum Gasteiger partial charge on any atom is 0.296 e. The lowest BCUT2D eigenvalue weighted by atomic mass is 10.2. The van der Waals surface area contributed by atoms with Crippen LogP contribution in [-0.4, -0.2) is 25.0 Å². The molecule has 0 fully saturated rings. The summed E-state index contributed by atoms with van der Waals surface area (Å²) >= 11 is 3.28. The number of aryl methyl sites for hydroxylation is 1. The number of aliphatic hydroxyl groups is 1. The molecule has 0 unspecified atom stereocenters. The second-order valence-corrected chi connectivity index (χ2v) is 4.54. The number of aromatic nitrogens is 3. The minimum absolute atomic E-state index is 0.0729. The van der Waals surface area contributed by atoms with Gasteiger partial charge in [-0.1, -0.05) is 5.21 Å². The molecule has 94 valence electrons. The van der Waals surface area contributed by atoms with Crippen LogP contribution >= 0.6 is 15.9 Å². The third-order valence-electron chi connectivity index (χ3n) is 2.32. The fraction of sp³-hybridized carbons (Fsp3) is 0.200. The predicted octanol–water partition coefficient (Wildman–Crippen LogP) is 1.74. The van der Waals surface area contributed by atoms with Crippen LogP contribution in [0, 0.1) is 17.0 Å². The zero-order valence-corrected chi connectivity index (χ0v) is 11.0. The van der Waals surface area contributed by atoms with E-state index in [2.05, 4.69) is 26.2 Å². The Balaban J connectivity index is 2.65. The molecule has 8 heteroatoms. The fourth-order valence-corrected chi connectivity index (χ4v) is 2.31. The molecule has 18 heavy (non-hydrogen) atoms. The van der Waals surface area contributed by atoms with E-state index < -0.39 is 4.92 Å². The van der Waals surface area contributed by atoms with Gasteiger partial charge in [0.05, 0.1) is 22.2 Å². The van der Waals surface area contributed by atoms with E-state index in [-0.39, 0.29) is 18.0 Å². The molecule has 0 saturated carbocycles. The summed E-state index contributed by atoms with van der Waals surface area (Å²) in [6.07, 6.45) is 1.45. The van der Waals surface area contributed by atoms with Gasteiger partial charge in [-0.15, -0.1) is 5.10 Å². The van der Waals surface area contributed by atoms with Crippen molar-refractivity contribution in [3.05, 3.63) is 44.2 Å². The number of nitrogens with zero attached hydrogens (tertiary/aromatic N) is 4. The van der Waals surface area contributed by atoms with Gasteiger partial charge in [-0.25, -0.2) is 4.68 Å². The third-order valence-corrected chi connectivity index (χ3v) is 2.92. The average molecular weight is 313 g/mol. The van der Waals surface area contributed by atoms with Crippen molar-refractivity contribution in [1.82, 2.24) is 15.0 Å². The molecular formula is C10H9BrN4O3. The summed E-state index contributed by atoms with van der Waals surface area (Å²) in [5.74, 6) is 0. The smallest absolute Gasteiger partial charge is 0.296 e. The van der Waals surface area contributed by atoms with Crippen molar-refractivity contribution in [3.63, 3.8) is 0 Å². The Hall–Kier alpha value is -1.80. The van der Waals surface area contributed by atoms with Gasteiger partial charge < -0.3 is 5.11 Å². The predicted molar refractivity (Wildman–Crippen MR) is 66.4 cm³/mol. The molecule has 2 aromatic rings. The molecule has 0 aliphatic carbocycles. The highest BCUT2D eigenvalue weighted by atomic mass is 79.9. The largest absolute Gasteiger partial charge is 0.390 e. The second-order valence-electron chi connectivity index (χ2n) is 3.68. The maximum absolute atomic E-state index is 11.0. The van der Waals surface area contributed by atoms with E-state index in [0.29, 0.717) is 10.2 Å². The van der Waals surface area contributed by atoms with Crippen LogP contribution in [0.3, 0.4) is 0 Å². The molecule has 0 spiro atoms. The van der Waals surface area contributed by atoms with Crippen molar-refractivity contribution < 1.29 is 10.0 Å². The van der Waals surface area contributed by atoms with Crippen LogP contribution in [-0.2, 0) is 6.61 Å². The number of halogens is 1. The molecule has 0 atom stereocenters. The summed E-state index contributed by atoms with van der Waals surface area (Å²) in [4.78, 5) is 10.6. The molecule has 0 aliphatic rings. The first-order valence-corrected chi connectivity index (χ1v) is 5.79. The Bertz CT molecular complexity index is 611. The molecule has 0 bridgehead atoms. The molecular weight excluding hydrogens is 304 g/mol. The Labute approximate surface area is 110 Å². The van der Waals surface area contributed by atoms with Gasteiger partial charge >= 0.3 is 0 Å². The second kappa shape index (κ2) is 4.83. The number of hydrogen-bond donors (Lipinski definition) is 1. The van der Waals surface area contributed by atoms with Crippen LogP contribution in [0.25, 0.3) is 5.69 Å². The van der Waals surface area contributed by atoms with Crippen LogP contribution in [0.15, 0.2) is 22.8 Å². The number of aliphatic hydroxyl groups excluding tert-OH is 1. The number of hydrogen-bond acceptors (Lipinski definition) is 5. The van der Waals surface area contributed by atoms with Gasteiger partial charge in [0.1, 0.15) is 5.69 Å². The van der Waals surface area contributed by atoms with Crippen LogP contribution in [0.2, 0.25) is 0 Å². The first-order chi connectivity index (χ1) is 8.52. The lowest BCUT2D eigenvalue weighted by Crippen LogP contribution is -2.02. The van der Waals surface area contributed by atoms with Crippen molar-refractivity contribution in [2.75, 3.05) is 0 Å². The molecule has 7 nitrogen and oxygen atoms in total. The van der Waals surface area contributed by atoms with Crippen LogP contribution < -0.4 is 0 Å². The fourth-order valence-electron chi connectivity index (χ4n) is 1.56. The monoisotopic (exact) mass is 312 g/mol. The zero-order valence-electron chi connectivity index (χ0n) is 9.37. The van der Waals surface area contributed by atoms with Crippen molar-refractivity contribution in [1.29, 1.82) is 0 Å². The Morgan fingerprint density at radius 1 is 1.56 bits per heavy atom. The van der Waals surface area contributed by atoms with Gasteiger partial charge in [0.2, 0.25) is 0 Å². The minimum atomic E-state index is -0.479. The molecule has 0 radical (unpaired) electrons. The summed E-state index contributed by atoms with van der Waals surface area (Å²) in [7, 11) is 0. The molecule has 1 N–H and O–H groups in total. The van der Waals surface area contributed by atoms with E-state index >= 15 is 0 Å². The lowest BCUT2D eigenvalue weighted by molar-refractivity contribution is -0.384. The number of rotatable bonds is 3. The van der Waals surface area contributed by atoms with Crippen LogP contribution in [0.5, 0.6) is 0 Å². The number of nitro benzene ring substituents is 1. The minimum Gasteiger partial charge on any atom is -0.390 e. The van der Waals surface area contributed by atoms with Crippen molar-refractivity contribution in [2.24, 2.45) is 0 Å². The maximum atomic E-state index is 11.0. The van der Waals surface area contributed by atoms with Gasteiger partial charge in [0.15, 0.2) is 5.69 Å². The molecule has 1 heterocycles. The number of nitro groups is 1. The van der Waals surface area contributed by atoms with Gasteiger partial charge in [0, 0.05) is 6.07 Å². The van der Waals surface area contributed by atoms with E-state index in [1.807, 2.05) is 0 Å². The summed E-state index contributed by atoms with van der Waals surface area (Å²) < 4.78 is 1.82. The molecule has 1 aromatic heterocycles. The van der Waals surface area contributed by atoms with Gasteiger partial charge in [-0.3, -0.25) is 10.1 Å². The van der Waals surface area contributed by atoms with E-state index in [0.717, 1.165) is 5.56 Å². The normalized spacial score (nSPS) is 10.6. The Morgan fingerprint density at radius 2 is 2.28 bits per heavy atom. The topological polar surface area (TPSA) is 94.1 Å². The molecule has 1 aromatic carbocycles. The lowest BCUT2D eigenvalue weighted by Gasteiger charge is -2.06.